The van der Waals surface area contributed by atoms with Gasteiger partial charge in [-0.05, 0) is 15.9 Å². The average molecular weight is 341 g/mol. The fourth-order valence-electron chi connectivity index (χ4n) is 2.35. The maximum atomic E-state index is 12.4. The molecule has 1 N–H and O–H groups in total. The van der Waals surface area contributed by atoms with Crippen LogP contribution in [0.4, 0.5) is 0 Å². The van der Waals surface area contributed by atoms with Crippen LogP contribution in [0.15, 0.2) is 23.2 Å². The van der Waals surface area contributed by atoms with Crippen molar-refractivity contribution in [2.75, 3.05) is 26.8 Å². The molecule has 1 aliphatic rings. The zero-order valence-corrected chi connectivity index (χ0v) is 12.4. The highest BCUT2D eigenvalue weighted by molar-refractivity contribution is 9.10. The number of nitrogens with zero attached hydrogens (tertiary/aromatic N) is 4. The molecule has 0 atom stereocenters. The third-order valence-electron chi connectivity index (χ3n) is 3.25. The molecule has 7 nitrogen and oxygen atoms in total. The zero-order valence-electron chi connectivity index (χ0n) is 10.8. The summed E-state index contributed by atoms with van der Waals surface area (Å²) < 4.78 is 7.23. The van der Waals surface area contributed by atoms with Gasteiger partial charge in [0.1, 0.15) is 15.9 Å². The standard InChI is InChI=1S/C12H13BrN4O3/c1-20-7-12(19)5-16(6-12)11(18)8-2-15-10-3-14-9(13)4-17(8)10/h2-4,19H,5-7H2,1H3. The number of amides is 1. The molecule has 0 radical (unpaired) electrons. The Balaban J connectivity index is 1.82. The summed E-state index contributed by atoms with van der Waals surface area (Å²) in [5.74, 6) is -0.170. The van der Waals surface area contributed by atoms with Gasteiger partial charge < -0.3 is 14.7 Å². The number of halogens is 1. The van der Waals surface area contributed by atoms with Crippen molar-refractivity contribution in [1.82, 2.24) is 19.3 Å². The number of methoxy groups -OCH3 is 1. The molecule has 1 aliphatic heterocycles. The van der Waals surface area contributed by atoms with Crippen LogP contribution in [0.1, 0.15) is 10.5 Å². The van der Waals surface area contributed by atoms with E-state index in [9.17, 15) is 9.90 Å². The second-order valence-electron chi connectivity index (χ2n) is 4.90. The van der Waals surface area contributed by atoms with Gasteiger partial charge in [-0.25, -0.2) is 9.97 Å². The van der Waals surface area contributed by atoms with Crippen molar-refractivity contribution >= 4 is 27.5 Å². The quantitative estimate of drug-likeness (QED) is 0.870. The maximum Gasteiger partial charge on any atom is 0.272 e. The molecule has 2 aromatic rings. The number of rotatable bonds is 3. The lowest BCUT2D eigenvalue weighted by atomic mass is 9.95. The van der Waals surface area contributed by atoms with Crippen LogP contribution in [0.2, 0.25) is 0 Å². The third kappa shape index (κ3) is 2.19. The minimum atomic E-state index is -0.937. The van der Waals surface area contributed by atoms with E-state index in [-0.39, 0.29) is 25.6 Å². The van der Waals surface area contributed by atoms with Crippen LogP contribution in [-0.4, -0.2) is 62.7 Å². The molecule has 1 amide bonds. The molecule has 0 aliphatic carbocycles. The molecule has 0 spiro atoms. The molecule has 1 fully saturated rings. The van der Waals surface area contributed by atoms with Gasteiger partial charge in [-0.2, -0.15) is 0 Å². The van der Waals surface area contributed by atoms with Crippen LogP contribution in [0.3, 0.4) is 0 Å². The van der Waals surface area contributed by atoms with E-state index >= 15 is 0 Å². The Morgan fingerprint density at radius 3 is 2.95 bits per heavy atom. The second-order valence-corrected chi connectivity index (χ2v) is 5.71. The Morgan fingerprint density at radius 1 is 1.50 bits per heavy atom. The van der Waals surface area contributed by atoms with E-state index in [2.05, 4.69) is 25.9 Å². The third-order valence-corrected chi connectivity index (χ3v) is 3.66. The van der Waals surface area contributed by atoms with E-state index in [4.69, 9.17) is 4.74 Å². The van der Waals surface area contributed by atoms with E-state index in [1.165, 1.54) is 13.3 Å². The number of carbonyl (C=O) groups is 1. The summed E-state index contributed by atoms with van der Waals surface area (Å²) >= 11 is 3.27. The second kappa shape index (κ2) is 4.80. The molecule has 106 valence electrons. The van der Waals surface area contributed by atoms with E-state index < -0.39 is 5.60 Å². The van der Waals surface area contributed by atoms with Gasteiger partial charge in [0.15, 0.2) is 5.65 Å². The van der Waals surface area contributed by atoms with Crippen molar-refractivity contribution in [3.8, 4) is 0 Å². The van der Waals surface area contributed by atoms with Crippen LogP contribution in [0, 0.1) is 0 Å². The highest BCUT2D eigenvalue weighted by atomic mass is 79.9. The Labute approximate surface area is 123 Å². The molecule has 0 saturated carbocycles. The number of imidazole rings is 1. The smallest absolute Gasteiger partial charge is 0.272 e. The summed E-state index contributed by atoms with van der Waals surface area (Å²) in [6.45, 7) is 0.748. The summed E-state index contributed by atoms with van der Waals surface area (Å²) in [7, 11) is 1.53. The van der Waals surface area contributed by atoms with Gasteiger partial charge in [-0.1, -0.05) is 0 Å². The van der Waals surface area contributed by atoms with Crippen molar-refractivity contribution in [3.63, 3.8) is 0 Å². The highest BCUT2D eigenvalue weighted by Crippen LogP contribution is 2.23. The predicted octanol–water partition coefficient (Wildman–Crippen LogP) is 0.325. The summed E-state index contributed by atoms with van der Waals surface area (Å²) in [6.07, 6.45) is 4.79. The zero-order chi connectivity index (χ0) is 14.3. The molecule has 8 heteroatoms. The van der Waals surface area contributed by atoms with Gasteiger partial charge in [-0.15, -0.1) is 0 Å². The fourth-order valence-corrected chi connectivity index (χ4v) is 2.66. The van der Waals surface area contributed by atoms with Crippen LogP contribution in [-0.2, 0) is 4.74 Å². The molecule has 20 heavy (non-hydrogen) atoms. The lowest BCUT2D eigenvalue weighted by Gasteiger charge is -2.45. The highest BCUT2D eigenvalue weighted by Gasteiger charge is 2.44. The molecular weight excluding hydrogens is 328 g/mol. The SMILES string of the molecule is COCC1(O)CN(C(=O)c2cnc3cnc(Br)cn23)C1. The monoisotopic (exact) mass is 340 g/mol. The van der Waals surface area contributed by atoms with Gasteiger partial charge in [0, 0.05) is 13.3 Å². The fraction of sp³-hybridized carbons (Fsp3) is 0.417. The molecule has 3 heterocycles. The molecule has 1 saturated heterocycles. The van der Waals surface area contributed by atoms with Crippen molar-refractivity contribution in [3.05, 3.63) is 28.9 Å². The Morgan fingerprint density at radius 2 is 2.25 bits per heavy atom. The molecule has 0 aromatic carbocycles. The number of ether oxygens (including phenoxy) is 1. The van der Waals surface area contributed by atoms with E-state index in [1.54, 1.807) is 21.7 Å². The average Bonchev–Trinajstić information content (AvgIpc) is 2.78. The summed E-state index contributed by atoms with van der Waals surface area (Å²) in [4.78, 5) is 22.1. The number of aliphatic hydroxyl groups is 1. The molecule has 3 rings (SSSR count). The van der Waals surface area contributed by atoms with Gasteiger partial charge >= 0.3 is 0 Å². The molecule has 0 bridgehead atoms. The number of hydrogen-bond acceptors (Lipinski definition) is 5. The van der Waals surface area contributed by atoms with E-state index in [0.717, 1.165) is 0 Å². The molecule has 2 aromatic heterocycles. The Bertz CT molecular complexity index is 666. The first-order valence-corrected chi connectivity index (χ1v) is 6.81. The lowest BCUT2D eigenvalue weighted by Crippen LogP contribution is -2.65. The summed E-state index contributed by atoms with van der Waals surface area (Å²) in [5, 5.41) is 10.0. The number of fused-ring (bicyclic) bond motifs is 1. The van der Waals surface area contributed by atoms with Gasteiger partial charge in [0.25, 0.3) is 5.91 Å². The molecular formula is C12H13BrN4O3. The Hall–Kier alpha value is -1.51. The minimum absolute atomic E-state index is 0.170. The summed E-state index contributed by atoms with van der Waals surface area (Å²) in [5.41, 5.74) is 0.110. The predicted molar refractivity (Wildman–Crippen MR) is 73.4 cm³/mol. The normalized spacial score (nSPS) is 17.2. The number of β-amino-alcohol motifs (C(OH)–C–C–N with tert-alkyl or cyclic N) is 1. The van der Waals surface area contributed by atoms with Crippen LogP contribution >= 0.6 is 15.9 Å². The first kappa shape index (κ1) is 13.5. The van der Waals surface area contributed by atoms with E-state index in [0.29, 0.717) is 15.9 Å². The number of aromatic nitrogens is 3. The topological polar surface area (TPSA) is 80.0 Å². The Kier molecular flexibility index (Phi) is 3.23. The summed E-state index contributed by atoms with van der Waals surface area (Å²) in [6, 6.07) is 0. The number of likely N-dealkylation sites (tertiary alicyclic amines) is 1. The maximum absolute atomic E-state index is 12.4. The van der Waals surface area contributed by atoms with Gasteiger partial charge in [0.2, 0.25) is 0 Å². The van der Waals surface area contributed by atoms with Crippen molar-refractivity contribution in [1.29, 1.82) is 0 Å². The van der Waals surface area contributed by atoms with Crippen molar-refractivity contribution < 1.29 is 14.6 Å². The van der Waals surface area contributed by atoms with Crippen LogP contribution < -0.4 is 0 Å². The first-order chi connectivity index (χ1) is 9.52. The van der Waals surface area contributed by atoms with Crippen LogP contribution in [0.25, 0.3) is 5.65 Å². The molecule has 0 unspecified atom stereocenters. The van der Waals surface area contributed by atoms with E-state index in [1.807, 2.05) is 0 Å². The van der Waals surface area contributed by atoms with Gasteiger partial charge in [-0.3, -0.25) is 9.20 Å². The largest absolute Gasteiger partial charge is 0.384 e. The number of hydrogen-bond donors (Lipinski definition) is 1. The van der Waals surface area contributed by atoms with Crippen molar-refractivity contribution in [2.24, 2.45) is 0 Å². The van der Waals surface area contributed by atoms with Gasteiger partial charge in [0.05, 0.1) is 32.1 Å². The minimum Gasteiger partial charge on any atom is -0.384 e. The lowest BCUT2D eigenvalue weighted by molar-refractivity contribution is -0.118. The van der Waals surface area contributed by atoms with Crippen molar-refractivity contribution in [2.45, 2.75) is 5.60 Å². The first-order valence-electron chi connectivity index (χ1n) is 6.02. The number of carbonyl (C=O) groups excluding carboxylic acids is 1. The van der Waals surface area contributed by atoms with Crippen LogP contribution in [0.5, 0.6) is 0 Å².